The number of allylic oxidation sites excluding steroid dienone is 1. The van der Waals surface area contributed by atoms with E-state index in [0.29, 0.717) is 23.3 Å². The van der Waals surface area contributed by atoms with Gasteiger partial charge in [-0.3, -0.25) is 4.79 Å². The molecule has 1 amide bonds. The molecule has 0 bridgehead atoms. The molecule has 0 unspecified atom stereocenters. The number of hydrazone groups is 1. The number of rotatable bonds is 10. The number of hydrogen-bond acceptors (Lipinski definition) is 6. The van der Waals surface area contributed by atoms with Crippen molar-refractivity contribution in [3.05, 3.63) is 83.7 Å². The zero-order valence-corrected chi connectivity index (χ0v) is 19.5. The van der Waals surface area contributed by atoms with E-state index in [-0.39, 0.29) is 5.91 Å². The predicted molar refractivity (Wildman–Crippen MR) is 131 cm³/mol. The number of benzene rings is 2. The largest absolute Gasteiger partial charge is 0.378 e. The molecule has 3 rings (SSSR count). The third-order valence-corrected chi connectivity index (χ3v) is 5.91. The summed E-state index contributed by atoms with van der Waals surface area (Å²) < 4.78 is 1.93. The average molecular weight is 469 g/mol. The fourth-order valence-electron chi connectivity index (χ4n) is 2.78. The number of amides is 1. The van der Waals surface area contributed by atoms with Crippen molar-refractivity contribution < 1.29 is 4.79 Å². The van der Waals surface area contributed by atoms with Gasteiger partial charge in [0.1, 0.15) is 0 Å². The minimum atomic E-state index is -0.410. The van der Waals surface area contributed by atoms with Crippen molar-refractivity contribution in [3.63, 3.8) is 0 Å². The smallest absolute Gasteiger partial charge is 0.253 e. The summed E-state index contributed by atoms with van der Waals surface area (Å²) in [6, 6.07) is 17.1. The molecule has 3 aromatic rings. The summed E-state index contributed by atoms with van der Waals surface area (Å²) in [7, 11) is 0. The van der Waals surface area contributed by atoms with E-state index in [2.05, 4.69) is 32.6 Å². The van der Waals surface area contributed by atoms with Crippen LogP contribution in [0.5, 0.6) is 0 Å². The normalized spacial score (nSPS) is 12.3. The Bertz CT molecular complexity index is 1080. The zero-order chi connectivity index (χ0) is 22.9. The third-order valence-electron chi connectivity index (χ3n) is 4.58. The van der Waals surface area contributed by atoms with Gasteiger partial charge >= 0.3 is 0 Å². The van der Waals surface area contributed by atoms with Crippen molar-refractivity contribution in [2.75, 3.05) is 5.32 Å². The highest BCUT2D eigenvalue weighted by Crippen LogP contribution is 2.23. The molecule has 32 heavy (non-hydrogen) atoms. The van der Waals surface area contributed by atoms with Crippen LogP contribution in [0.3, 0.4) is 0 Å². The van der Waals surface area contributed by atoms with Crippen LogP contribution >= 0.6 is 23.4 Å². The molecule has 0 fully saturated rings. The van der Waals surface area contributed by atoms with Gasteiger partial charge in [0.25, 0.3) is 5.91 Å². The van der Waals surface area contributed by atoms with Crippen molar-refractivity contribution >= 4 is 40.7 Å². The standard InChI is InChI=1S/C23H25ClN6OS/c1-4-14-30-21(15-25-20-12-10-19(24)11-13-20)27-29-23(30)32-17(3)22(31)28-26-16(2)18-8-6-5-7-9-18/h4-13,17,25H,1,14-15H2,2-3H3,(H,28,31)/t17-/m0/s1. The number of carbonyl (C=O) groups is 1. The van der Waals surface area contributed by atoms with E-state index < -0.39 is 5.25 Å². The maximum Gasteiger partial charge on any atom is 0.253 e. The second-order valence-corrected chi connectivity index (χ2v) is 8.70. The first-order chi connectivity index (χ1) is 15.5. The minimum absolute atomic E-state index is 0.209. The second kappa shape index (κ2) is 11.5. The lowest BCUT2D eigenvalue weighted by Crippen LogP contribution is -2.28. The molecule has 1 aromatic heterocycles. The molecule has 0 saturated heterocycles. The van der Waals surface area contributed by atoms with Gasteiger partial charge in [-0.15, -0.1) is 16.8 Å². The Balaban J connectivity index is 1.63. The van der Waals surface area contributed by atoms with E-state index in [4.69, 9.17) is 11.6 Å². The summed E-state index contributed by atoms with van der Waals surface area (Å²) in [5, 5.41) is 17.0. The van der Waals surface area contributed by atoms with Crippen molar-refractivity contribution in [3.8, 4) is 0 Å². The maximum atomic E-state index is 12.6. The van der Waals surface area contributed by atoms with Crippen LogP contribution in [0.4, 0.5) is 5.69 Å². The van der Waals surface area contributed by atoms with Crippen LogP contribution in [0, 0.1) is 0 Å². The van der Waals surface area contributed by atoms with E-state index in [9.17, 15) is 4.79 Å². The van der Waals surface area contributed by atoms with Gasteiger partial charge in [-0.25, -0.2) is 5.43 Å². The van der Waals surface area contributed by atoms with E-state index in [1.54, 1.807) is 6.08 Å². The monoisotopic (exact) mass is 468 g/mol. The van der Waals surface area contributed by atoms with E-state index in [1.165, 1.54) is 11.8 Å². The highest BCUT2D eigenvalue weighted by Gasteiger charge is 2.20. The molecule has 0 aliphatic rings. The summed E-state index contributed by atoms with van der Waals surface area (Å²) in [4.78, 5) is 12.6. The lowest BCUT2D eigenvalue weighted by atomic mass is 10.1. The molecule has 1 atom stereocenters. The lowest BCUT2D eigenvalue weighted by Gasteiger charge is -2.12. The third kappa shape index (κ3) is 6.45. The van der Waals surface area contributed by atoms with Crippen LogP contribution in [0.15, 0.2) is 77.5 Å². The van der Waals surface area contributed by atoms with Crippen molar-refractivity contribution in [1.29, 1.82) is 0 Å². The van der Waals surface area contributed by atoms with Crippen molar-refractivity contribution in [2.24, 2.45) is 5.10 Å². The van der Waals surface area contributed by atoms with Crippen LogP contribution < -0.4 is 10.7 Å². The number of aromatic nitrogens is 3. The van der Waals surface area contributed by atoms with Crippen molar-refractivity contribution in [1.82, 2.24) is 20.2 Å². The van der Waals surface area contributed by atoms with Crippen molar-refractivity contribution in [2.45, 2.75) is 37.3 Å². The zero-order valence-electron chi connectivity index (χ0n) is 18.0. The number of nitrogens with zero attached hydrogens (tertiary/aromatic N) is 4. The van der Waals surface area contributed by atoms with E-state index in [1.807, 2.05) is 73.0 Å². The number of hydrogen-bond donors (Lipinski definition) is 2. The van der Waals surface area contributed by atoms with Gasteiger partial charge in [0.15, 0.2) is 11.0 Å². The fraction of sp³-hybridized carbons (Fsp3) is 0.217. The van der Waals surface area contributed by atoms with Gasteiger partial charge in [-0.1, -0.05) is 59.8 Å². The molecule has 0 aliphatic heterocycles. The first-order valence-electron chi connectivity index (χ1n) is 10.1. The molecule has 0 aliphatic carbocycles. The Morgan fingerprint density at radius 1 is 1.22 bits per heavy atom. The molecule has 2 aromatic carbocycles. The van der Waals surface area contributed by atoms with Crippen LogP contribution in [0.25, 0.3) is 0 Å². The topological polar surface area (TPSA) is 84.2 Å². The number of thioether (sulfide) groups is 1. The van der Waals surface area contributed by atoms with E-state index in [0.717, 1.165) is 22.8 Å². The van der Waals surface area contributed by atoms with Gasteiger partial charge < -0.3 is 9.88 Å². The molecule has 1 heterocycles. The Morgan fingerprint density at radius 3 is 2.62 bits per heavy atom. The number of carbonyl (C=O) groups excluding carboxylic acids is 1. The number of nitrogens with one attached hydrogen (secondary N) is 2. The van der Waals surface area contributed by atoms with Crippen LogP contribution in [0.1, 0.15) is 25.2 Å². The quantitative estimate of drug-likeness (QED) is 0.194. The predicted octanol–water partition coefficient (Wildman–Crippen LogP) is 4.75. The molecule has 2 N–H and O–H groups in total. The molecular weight excluding hydrogens is 444 g/mol. The molecule has 0 radical (unpaired) electrons. The Morgan fingerprint density at radius 2 is 1.94 bits per heavy atom. The minimum Gasteiger partial charge on any atom is -0.378 e. The SMILES string of the molecule is C=CCn1c(CNc2ccc(Cl)cc2)nnc1S[C@@H](C)C(=O)NN=C(C)c1ccccc1. The molecule has 9 heteroatoms. The van der Waals surface area contributed by atoms with Gasteiger partial charge in [-0.05, 0) is 43.7 Å². The lowest BCUT2D eigenvalue weighted by molar-refractivity contribution is -0.120. The van der Waals surface area contributed by atoms with Crippen LogP contribution in [-0.2, 0) is 17.9 Å². The number of halogens is 1. The van der Waals surface area contributed by atoms with Gasteiger partial charge in [0.2, 0.25) is 0 Å². The summed E-state index contributed by atoms with van der Waals surface area (Å²) in [5.41, 5.74) is 5.26. The summed E-state index contributed by atoms with van der Waals surface area (Å²) in [5.74, 6) is 0.534. The Labute approximate surface area is 197 Å². The Hall–Kier alpha value is -3.10. The molecular formula is C23H25ClN6OS. The second-order valence-electron chi connectivity index (χ2n) is 6.96. The van der Waals surface area contributed by atoms with Crippen LogP contribution in [-0.4, -0.2) is 31.6 Å². The summed E-state index contributed by atoms with van der Waals surface area (Å²) in [6.07, 6.45) is 1.78. The highest BCUT2D eigenvalue weighted by atomic mass is 35.5. The van der Waals surface area contributed by atoms with E-state index >= 15 is 0 Å². The van der Waals surface area contributed by atoms with Gasteiger partial charge in [0.05, 0.1) is 17.5 Å². The van der Waals surface area contributed by atoms with Gasteiger partial charge in [-0.2, -0.15) is 5.10 Å². The average Bonchev–Trinajstić information content (AvgIpc) is 3.18. The first kappa shape index (κ1) is 23.6. The molecule has 166 valence electrons. The summed E-state index contributed by atoms with van der Waals surface area (Å²) >= 11 is 7.26. The molecule has 0 saturated carbocycles. The van der Waals surface area contributed by atoms with Crippen LogP contribution in [0.2, 0.25) is 5.02 Å². The fourth-order valence-corrected chi connectivity index (χ4v) is 3.78. The summed E-state index contributed by atoms with van der Waals surface area (Å²) in [6.45, 7) is 8.50. The Kier molecular flexibility index (Phi) is 8.47. The first-order valence-corrected chi connectivity index (χ1v) is 11.3. The molecule has 0 spiro atoms. The van der Waals surface area contributed by atoms with Gasteiger partial charge in [0, 0.05) is 17.3 Å². The molecule has 7 nitrogen and oxygen atoms in total. The maximum absolute atomic E-state index is 12.6. The highest BCUT2D eigenvalue weighted by molar-refractivity contribution is 8.00. The number of anilines is 1.